The standard InChI is InChI=1S/C10H16N2O5S/c1-8-7-18(16,17)5-4-12(8)11-6-9(13)2-3-10(14)15/h6,8H,2-5,7H2,1H3,(H,14,15)/b11-6+. The minimum atomic E-state index is -3.00. The lowest BCUT2D eigenvalue weighted by Gasteiger charge is -2.30. The second-order valence-electron chi connectivity index (χ2n) is 4.23. The molecule has 1 N–H and O–H groups in total. The van der Waals surface area contributed by atoms with E-state index in [4.69, 9.17) is 5.11 Å². The molecule has 8 heteroatoms. The molecule has 0 bridgehead atoms. The fourth-order valence-electron chi connectivity index (χ4n) is 1.59. The molecule has 7 nitrogen and oxygen atoms in total. The number of nitrogens with zero attached hydrogens (tertiary/aromatic N) is 2. The van der Waals surface area contributed by atoms with Crippen LogP contribution in [0.15, 0.2) is 5.10 Å². The minimum Gasteiger partial charge on any atom is -0.481 e. The number of carbonyl (C=O) groups is 2. The van der Waals surface area contributed by atoms with Crippen LogP contribution in [0.2, 0.25) is 0 Å². The molecule has 0 aromatic carbocycles. The van der Waals surface area contributed by atoms with E-state index >= 15 is 0 Å². The Morgan fingerprint density at radius 1 is 1.44 bits per heavy atom. The summed E-state index contributed by atoms with van der Waals surface area (Å²) in [6.45, 7) is 1.97. The molecule has 1 fully saturated rings. The highest BCUT2D eigenvalue weighted by Gasteiger charge is 2.27. The van der Waals surface area contributed by atoms with Crippen LogP contribution >= 0.6 is 0 Å². The number of carboxylic acids is 1. The van der Waals surface area contributed by atoms with Gasteiger partial charge in [0.05, 0.1) is 36.7 Å². The van der Waals surface area contributed by atoms with Crippen LogP contribution in [0.1, 0.15) is 19.8 Å². The van der Waals surface area contributed by atoms with Crippen molar-refractivity contribution in [1.82, 2.24) is 5.01 Å². The lowest BCUT2D eigenvalue weighted by Crippen LogP contribution is -2.44. The zero-order valence-corrected chi connectivity index (χ0v) is 10.9. The van der Waals surface area contributed by atoms with Crippen molar-refractivity contribution in [2.24, 2.45) is 5.10 Å². The molecule has 0 spiro atoms. The topological polar surface area (TPSA) is 104 Å². The predicted molar refractivity (Wildman–Crippen MR) is 65.2 cm³/mol. The Bertz CT molecular complexity index is 457. The Morgan fingerprint density at radius 3 is 2.67 bits per heavy atom. The van der Waals surface area contributed by atoms with E-state index in [1.54, 1.807) is 11.9 Å². The van der Waals surface area contributed by atoms with Gasteiger partial charge >= 0.3 is 5.97 Å². The molecule has 18 heavy (non-hydrogen) atoms. The molecule has 1 aliphatic heterocycles. The summed E-state index contributed by atoms with van der Waals surface area (Å²) in [4.78, 5) is 21.5. The molecular formula is C10H16N2O5S. The lowest BCUT2D eigenvalue weighted by atomic mass is 10.2. The molecule has 102 valence electrons. The second-order valence-corrected chi connectivity index (χ2v) is 6.46. The SMILES string of the molecule is CC1CS(=O)(=O)CCN1/N=C/C(=O)CCC(=O)O. The summed E-state index contributed by atoms with van der Waals surface area (Å²) in [6, 6.07) is -0.271. The number of carbonyl (C=O) groups excluding carboxylic acids is 1. The monoisotopic (exact) mass is 276 g/mol. The fourth-order valence-corrected chi connectivity index (χ4v) is 3.13. The summed E-state index contributed by atoms with van der Waals surface area (Å²) in [5.41, 5.74) is 0. The highest BCUT2D eigenvalue weighted by molar-refractivity contribution is 7.91. The highest BCUT2D eigenvalue weighted by atomic mass is 32.2. The molecule has 1 aliphatic rings. The van der Waals surface area contributed by atoms with E-state index < -0.39 is 15.8 Å². The van der Waals surface area contributed by atoms with E-state index in [9.17, 15) is 18.0 Å². The van der Waals surface area contributed by atoms with Crippen molar-refractivity contribution >= 4 is 27.8 Å². The van der Waals surface area contributed by atoms with Crippen LogP contribution in [0.3, 0.4) is 0 Å². The van der Waals surface area contributed by atoms with Crippen molar-refractivity contribution in [2.75, 3.05) is 18.1 Å². The van der Waals surface area contributed by atoms with Gasteiger partial charge in [0.2, 0.25) is 0 Å². The number of sulfone groups is 1. The van der Waals surface area contributed by atoms with Crippen molar-refractivity contribution < 1.29 is 23.1 Å². The average Bonchev–Trinajstić information content (AvgIpc) is 2.24. The second kappa shape index (κ2) is 5.94. The Labute approximate surface area is 105 Å². The van der Waals surface area contributed by atoms with E-state index in [0.717, 1.165) is 6.21 Å². The molecule has 0 aliphatic carbocycles. The summed E-state index contributed by atoms with van der Waals surface area (Å²) in [5, 5.41) is 13.9. The predicted octanol–water partition coefficient (Wildman–Crippen LogP) is -0.475. The maximum Gasteiger partial charge on any atom is 0.303 e. The van der Waals surface area contributed by atoms with E-state index in [1.807, 2.05) is 0 Å². The minimum absolute atomic E-state index is 0.0215. The molecule has 0 amide bonds. The van der Waals surface area contributed by atoms with E-state index in [-0.39, 0.29) is 42.7 Å². The first-order valence-corrected chi connectivity index (χ1v) is 7.38. The fraction of sp³-hybridized carbons (Fsp3) is 0.700. The van der Waals surface area contributed by atoms with Gasteiger partial charge in [-0.15, -0.1) is 0 Å². The number of hydrazone groups is 1. The molecule has 0 radical (unpaired) electrons. The number of carboxylic acid groups (broad SMARTS) is 1. The van der Waals surface area contributed by atoms with Crippen LogP contribution in [0.5, 0.6) is 0 Å². The first-order chi connectivity index (χ1) is 8.30. The van der Waals surface area contributed by atoms with E-state index in [1.165, 1.54) is 0 Å². The first-order valence-electron chi connectivity index (χ1n) is 5.56. The third-order valence-electron chi connectivity index (χ3n) is 2.57. The van der Waals surface area contributed by atoms with Crippen LogP contribution in [-0.4, -0.2) is 60.6 Å². The van der Waals surface area contributed by atoms with Gasteiger partial charge in [0.25, 0.3) is 0 Å². The van der Waals surface area contributed by atoms with Gasteiger partial charge in [-0.25, -0.2) is 8.42 Å². The highest BCUT2D eigenvalue weighted by Crippen LogP contribution is 2.11. The first kappa shape index (κ1) is 14.6. The van der Waals surface area contributed by atoms with Crippen LogP contribution < -0.4 is 0 Å². The van der Waals surface area contributed by atoms with Crippen LogP contribution in [-0.2, 0) is 19.4 Å². The van der Waals surface area contributed by atoms with Gasteiger partial charge in [-0.05, 0) is 6.92 Å². The Balaban J connectivity index is 2.47. The summed E-state index contributed by atoms with van der Waals surface area (Å²) in [7, 11) is -3.00. The molecule has 1 unspecified atom stereocenters. The maximum atomic E-state index is 11.3. The quantitative estimate of drug-likeness (QED) is 0.680. The average molecular weight is 276 g/mol. The Morgan fingerprint density at radius 2 is 2.11 bits per heavy atom. The smallest absolute Gasteiger partial charge is 0.303 e. The van der Waals surface area contributed by atoms with Crippen LogP contribution in [0.25, 0.3) is 0 Å². The van der Waals surface area contributed by atoms with Gasteiger partial charge in [0.1, 0.15) is 0 Å². The van der Waals surface area contributed by atoms with Crippen LogP contribution in [0.4, 0.5) is 0 Å². The Hall–Kier alpha value is -1.44. The normalized spacial score (nSPS) is 23.2. The molecule has 1 atom stereocenters. The van der Waals surface area contributed by atoms with E-state index in [0.29, 0.717) is 0 Å². The van der Waals surface area contributed by atoms with Gasteiger partial charge in [0.15, 0.2) is 15.6 Å². The number of rotatable bonds is 5. The van der Waals surface area contributed by atoms with Crippen molar-refractivity contribution in [3.63, 3.8) is 0 Å². The van der Waals surface area contributed by atoms with Crippen molar-refractivity contribution in [3.05, 3.63) is 0 Å². The Kier molecular flexibility index (Phi) is 4.83. The number of aliphatic carboxylic acids is 1. The zero-order chi connectivity index (χ0) is 13.8. The van der Waals surface area contributed by atoms with Gasteiger partial charge in [-0.3, -0.25) is 14.6 Å². The lowest BCUT2D eigenvalue weighted by molar-refractivity contribution is -0.138. The summed E-state index contributed by atoms with van der Waals surface area (Å²) in [5.74, 6) is -1.36. The third-order valence-corrected chi connectivity index (χ3v) is 4.37. The molecule has 0 saturated carbocycles. The van der Waals surface area contributed by atoms with Gasteiger partial charge in [-0.1, -0.05) is 0 Å². The zero-order valence-electron chi connectivity index (χ0n) is 10.1. The summed E-state index contributed by atoms with van der Waals surface area (Å²) in [6.07, 6.45) is 0.742. The number of hydrogen-bond acceptors (Lipinski definition) is 6. The molecule has 1 saturated heterocycles. The largest absolute Gasteiger partial charge is 0.481 e. The number of Topliss-reactive ketones (excluding diaryl/α,β-unsaturated/α-hetero) is 1. The van der Waals surface area contributed by atoms with Gasteiger partial charge in [0, 0.05) is 6.42 Å². The molecular weight excluding hydrogens is 260 g/mol. The van der Waals surface area contributed by atoms with Crippen molar-refractivity contribution in [1.29, 1.82) is 0 Å². The number of hydrogen-bond donors (Lipinski definition) is 1. The number of ketones is 1. The van der Waals surface area contributed by atoms with Crippen LogP contribution in [0, 0.1) is 0 Å². The summed E-state index contributed by atoms with van der Waals surface area (Å²) < 4.78 is 22.6. The summed E-state index contributed by atoms with van der Waals surface area (Å²) >= 11 is 0. The van der Waals surface area contributed by atoms with Gasteiger partial charge < -0.3 is 5.11 Å². The van der Waals surface area contributed by atoms with Crippen molar-refractivity contribution in [3.8, 4) is 0 Å². The maximum absolute atomic E-state index is 11.3. The molecule has 0 aromatic rings. The van der Waals surface area contributed by atoms with Gasteiger partial charge in [-0.2, -0.15) is 5.10 Å². The van der Waals surface area contributed by atoms with E-state index in [2.05, 4.69) is 5.10 Å². The third kappa shape index (κ3) is 4.82. The molecule has 0 aromatic heterocycles. The molecule has 1 rings (SSSR count). The molecule has 1 heterocycles. The van der Waals surface area contributed by atoms with Crippen molar-refractivity contribution in [2.45, 2.75) is 25.8 Å².